The Morgan fingerprint density at radius 1 is 1.47 bits per heavy atom. The lowest BCUT2D eigenvalue weighted by Crippen LogP contribution is -2.14. The molecule has 0 spiro atoms. The number of ketones is 1. The summed E-state index contributed by atoms with van der Waals surface area (Å²) < 4.78 is 0. The minimum Gasteiger partial charge on any atom is -0.324 e. The van der Waals surface area contributed by atoms with Gasteiger partial charge in [0.25, 0.3) is 0 Å². The highest BCUT2D eigenvalue weighted by atomic mass is 35.5. The number of Topliss-reactive ketones (excluding diaryl/α,β-unsaturated/α-hetero) is 1. The van der Waals surface area contributed by atoms with Crippen LogP contribution in [-0.4, -0.2) is 31.3 Å². The third-order valence-corrected chi connectivity index (χ3v) is 2.40. The fraction of sp³-hybridized carbons (Fsp3) is 0.364. The lowest BCUT2D eigenvalue weighted by molar-refractivity contribution is 0.100. The average Bonchev–Trinajstić information content (AvgIpc) is 2.19. The van der Waals surface area contributed by atoms with Crippen LogP contribution in [0.25, 0.3) is 0 Å². The fourth-order valence-corrected chi connectivity index (χ4v) is 1.55. The van der Waals surface area contributed by atoms with E-state index in [9.17, 15) is 4.79 Å². The van der Waals surface area contributed by atoms with E-state index < -0.39 is 0 Å². The first-order valence-electron chi connectivity index (χ1n) is 4.71. The Morgan fingerprint density at radius 2 is 2.13 bits per heavy atom. The highest BCUT2D eigenvalue weighted by Gasteiger charge is 2.07. The van der Waals surface area contributed by atoms with Crippen LogP contribution in [0, 0.1) is 0 Å². The molecule has 4 heteroatoms. The highest BCUT2D eigenvalue weighted by molar-refractivity contribution is 6.31. The third kappa shape index (κ3) is 3.30. The summed E-state index contributed by atoms with van der Waals surface area (Å²) in [7, 11) is 3.94. The van der Waals surface area contributed by atoms with Crippen molar-refractivity contribution in [3.05, 3.63) is 34.3 Å². The molecule has 0 bridgehead atoms. The maximum absolute atomic E-state index is 11.3. The summed E-state index contributed by atoms with van der Waals surface area (Å²) in [5, 5.41) is 0.614. The third-order valence-electron chi connectivity index (χ3n) is 2.05. The summed E-state index contributed by atoms with van der Waals surface area (Å²) in [6, 6.07) is 5.31. The maximum atomic E-state index is 11.3. The van der Waals surface area contributed by atoms with Crippen molar-refractivity contribution in [3.8, 4) is 0 Å². The van der Waals surface area contributed by atoms with Gasteiger partial charge in [-0.05, 0) is 25.7 Å². The number of hydrogen-bond donors (Lipinski definition) is 1. The van der Waals surface area contributed by atoms with Crippen LogP contribution in [0.2, 0.25) is 5.02 Å². The molecule has 0 fully saturated rings. The molecule has 1 rings (SSSR count). The molecule has 0 atom stereocenters. The van der Waals surface area contributed by atoms with E-state index in [2.05, 4.69) is 0 Å². The number of hydrogen-bond acceptors (Lipinski definition) is 3. The first kappa shape index (κ1) is 12.2. The van der Waals surface area contributed by atoms with Crippen LogP contribution in [0.1, 0.15) is 15.9 Å². The zero-order valence-corrected chi connectivity index (χ0v) is 9.71. The number of halogens is 1. The molecule has 0 radical (unpaired) electrons. The summed E-state index contributed by atoms with van der Waals surface area (Å²) in [6.07, 6.45) is 0. The zero-order chi connectivity index (χ0) is 11.4. The molecule has 15 heavy (non-hydrogen) atoms. The van der Waals surface area contributed by atoms with E-state index in [4.69, 9.17) is 17.3 Å². The fourth-order valence-electron chi connectivity index (χ4n) is 1.31. The minimum atomic E-state index is -0.0895. The Morgan fingerprint density at radius 3 is 2.60 bits per heavy atom. The van der Waals surface area contributed by atoms with E-state index in [-0.39, 0.29) is 12.3 Å². The molecule has 0 aliphatic rings. The highest BCUT2D eigenvalue weighted by Crippen LogP contribution is 2.19. The van der Waals surface area contributed by atoms with E-state index in [1.807, 2.05) is 25.1 Å². The van der Waals surface area contributed by atoms with Gasteiger partial charge in [-0.1, -0.05) is 23.7 Å². The molecule has 0 amide bonds. The van der Waals surface area contributed by atoms with Crippen LogP contribution in [0.4, 0.5) is 0 Å². The first-order valence-corrected chi connectivity index (χ1v) is 5.09. The van der Waals surface area contributed by atoms with E-state index in [1.165, 1.54) is 0 Å². The largest absolute Gasteiger partial charge is 0.324 e. The number of carbonyl (C=O) groups excluding carboxylic acids is 1. The van der Waals surface area contributed by atoms with Gasteiger partial charge in [-0.3, -0.25) is 4.79 Å². The first-order chi connectivity index (χ1) is 7.04. The smallest absolute Gasteiger partial charge is 0.176 e. The van der Waals surface area contributed by atoms with Crippen molar-refractivity contribution in [2.75, 3.05) is 20.6 Å². The van der Waals surface area contributed by atoms with Gasteiger partial charge in [-0.25, -0.2) is 0 Å². The monoisotopic (exact) mass is 226 g/mol. The molecule has 3 nitrogen and oxygen atoms in total. The van der Waals surface area contributed by atoms with Crippen molar-refractivity contribution in [3.63, 3.8) is 0 Å². The Labute approximate surface area is 94.8 Å². The predicted octanol–water partition coefficient (Wildman–Crippen LogP) is 1.54. The van der Waals surface area contributed by atoms with Gasteiger partial charge >= 0.3 is 0 Å². The molecule has 82 valence electrons. The lowest BCUT2D eigenvalue weighted by Gasteiger charge is -2.11. The normalized spacial score (nSPS) is 10.7. The molecular formula is C11H15ClN2O. The van der Waals surface area contributed by atoms with Crippen molar-refractivity contribution in [1.82, 2.24) is 4.90 Å². The van der Waals surface area contributed by atoms with Gasteiger partial charge in [-0.15, -0.1) is 0 Å². The Kier molecular flexibility index (Phi) is 4.27. The second-order valence-corrected chi connectivity index (χ2v) is 4.08. The lowest BCUT2D eigenvalue weighted by atomic mass is 10.1. The molecule has 0 unspecified atom stereocenters. The maximum Gasteiger partial charge on any atom is 0.176 e. The molecule has 0 aliphatic heterocycles. The summed E-state index contributed by atoms with van der Waals surface area (Å²) in [4.78, 5) is 13.3. The van der Waals surface area contributed by atoms with Gasteiger partial charge in [0.2, 0.25) is 0 Å². The standard InChI is InChI=1S/C11H15ClN2O/c1-14(2)7-9-4-3-8(5-10(9)12)11(15)6-13/h3-5H,6-7,13H2,1-2H3. The summed E-state index contributed by atoms with van der Waals surface area (Å²) in [5.74, 6) is -0.0895. The van der Waals surface area contributed by atoms with Crippen molar-refractivity contribution in [1.29, 1.82) is 0 Å². The minimum absolute atomic E-state index is 0.0172. The van der Waals surface area contributed by atoms with Crippen molar-refractivity contribution < 1.29 is 4.79 Å². The Balaban J connectivity index is 2.93. The van der Waals surface area contributed by atoms with Gasteiger partial charge in [-0.2, -0.15) is 0 Å². The van der Waals surface area contributed by atoms with E-state index >= 15 is 0 Å². The molecule has 0 aromatic heterocycles. The van der Waals surface area contributed by atoms with E-state index in [1.54, 1.807) is 12.1 Å². The average molecular weight is 227 g/mol. The summed E-state index contributed by atoms with van der Waals surface area (Å²) in [6.45, 7) is 0.777. The van der Waals surface area contributed by atoms with Crippen LogP contribution in [-0.2, 0) is 6.54 Å². The molecule has 0 heterocycles. The molecule has 0 saturated heterocycles. The molecule has 0 saturated carbocycles. The number of rotatable bonds is 4. The van der Waals surface area contributed by atoms with Gasteiger partial charge in [0.1, 0.15) is 0 Å². The number of nitrogens with zero attached hydrogens (tertiary/aromatic N) is 1. The van der Waals surface area contributed by atoms with E-state index in [0.29, 0.717) is 10.6 Å². The van der Waals surface area contributed by atoms with E-state index in [0.717, 1.165) is 12.1 Å². The van der Waals surface area contributed by atoms with Gasteiger partial charge < -0.3 is 10.6 Å². The van der Waals surface area contributed by atoms with Gasteiger partial charge in [0.05, 0.1) is 6.54 Å². The van der Waals surface area contributed by atoms with Crippen LogP contribution < -0.4 is 5.73 Å². The van der Waals surface area contributed by atoms with Crippen molar-refractivity contribution >= 4 is 17.4 Å². The Hall–Kier alpha value is -0.900. The van der Waals surface area contributed by atoms with Crippen LogP contribution in [0.15, 0.2) is 18.2 Å². The van der Waals surface area contributed by atoms with Gasteiger partial charge in [0, 0.05) is 17.1 Å². The number of carbonyl (C=O) groups is 1. The summed E-state index contributed by atoms with van der Waals surface area (Å²) >= 11 is 6.05. The quantitative estimate of drug-likeness (QED) is 0.793. The molecule has 0 aliphatic carbocycles. The van der Waals surface area contributed by atoms with Crippen LogP contribution in [0.5, 0.6) is 0 Å². The molecule has 2 N–H and O–H groups in total. The van der Waals surface area contributed by atoms with Crippen molar-refractivity contribution in [2.45, 2.75) is 6.54 Å². The summed E-state index contributed by atoms with van der Waals surface area (Å²) in [5.41, 5.74) is 6.86. The zero-order valence-electron chi connectivity index (χ0n) is 8.96. The molecular weight excluding hydrogens is 212 g/mol. The predicted molar refractivity (Wildman–Crippen MR) is 62.2 cm³/mol. The van der Waals surface area contributed by atoms with Crippen molar-refractivity contribution in [2.24, 2.45) is 5.73 Å². The SMILES string of the molecule is CN(C)Cc1ccc(C(=O)CN)cc1Cl. The van der Waals surface area contributed by atoms with Crippen LogP contribution in [0.3, 0.4) is 0 Å². The number of benzene rings is 1. The number of nitrogens with two attached hydrogens (primary N) is 1. The molecule has 1 aromatic carbocycles. The van der Waals surface area contributed by atoms with Crippen LogP contribution >= 0.6 is 11.6 Å². The van der Waals surface area contributed by atoms with Gasteiger partial charge in [0.15, 0.2) is 5.78 Å². The topological polar surface area (TPSA) is 46.3 Å². The Bertz CT molecular complexity index is 364. The molecule has 1 aromatic rings. The second-order valence-electron chi connectivity index (χ2n) is 3.67. The second kappa shape index (κ2) is 5.26.